The summed E-state index contributed by atoms with van der Waals surface area (Å²) in [5, 5.41) is 3.93. The van der Waals surface area contributed by atoms with Crippen molar-refractivity contribution in [1.29, 1.82) is 0 Å². The SMILES string of the molecule is CCCOCc1noc(C2(C(=O)OCC)CCCCC2)n1. The zero-order valence-electron chi connectivity index (χ0n) is 12.9. The summed E-state index contributed by atoms with van der Waals surface area (Å²) >= 11 is 0. The van der Waals surface area contributed by atoms with Crippen molar-refractivity contribution in [2.75, 3.05) is 13.2 Å². The minimum Gasteiger partial charge on any atom is -0.465 e. The first-order chi connectivity index (χ1) is 10.2. The molecule has 1 aliphatic carbocycles. The van der Waals surface area contributed by atoms with Crippen molar-refractivity contribution in [2.45, 2.75) is 64.4 Å². The van der Waals surface area contributed by atoms with Gasteiger partial charge in [-0.1, -0.05) is 31.3 Å². The topological polar surface area (TPSA) is 74.5 Å². The Labute approximate surface area is 125 Å². The first-order valence-electron chi connectivity index (χ1n) is 7.81. The van der Waals surface area contributed by atoms with E-state index in [4.69, 9.17) is 14.0 Å². The molecule has 0 N–H and O–H groups in total. The molecular weight excluding hydrogens is 272 g/mol. The largest absolute Gasteiger partial charge is 0.465 e. The lowest BCUT2D eigenvalue weighted by Gasteiger charge is -2.31. The highest BCUT2D eigenvalue weighted by molar-refractivity contribution is 5.82. The molecule has 1 aliphatic rings. The first kappa shape index (κ1) is 15.9. The highest BCUT2D eigenvalue weighted by atomic mass is 16.5. The average molecular weight is 296 g/mol. The van der Waals surface area contributed by atoms with Gasteiger partial charge in [0.25, 0.3) is 0 Å². The van der Waals surface area contributed by atoms with Gasteiger partial charge in [-0.25, -0.2) is 0 Å². The standard InChI is InChI=1S/C15H24N2O4/c1-3-10-19-11-12-16-13(21-17-12)15(14(18)20-4-2)8-6-5-7-9-15/h3-11H2,1-2H3. The van der Waals surface area contributed by atoms with Crippen molar-refractivity contribution < 1.29 is 18.8 Å². The lowest BCUT2D eigenvalue weighted by atomic mass is 9.74. The van der Waals surface area contributed by atoms with Gasteiger partial charge in [0.2, 0.25) is 5.89 Å². The van der Waals surface area contributed by atoms with Crippen LogP contribution in [-0.4, -0.2) is 29.3 Å². The summed E-state index contributed by atoms with van der Waals surface area (Å²) < 4.78 is 16.0. The molecule has 6 nitrogen and oxygen atoms in total. The number of carbonyl (C=O) groups excluding carboxylic acids is 1. The molecule has 0 aromatic carbocycles. The van der Waals surface area contributed by atoms with Crippen molar-refractivity contribution in [2.24, 2.45) is 0 Å². The quantitative estimate of drug-likeness (QED) is 0.569. The first-order valence-corrected chi connectivity index (χ1v) is 7.81. The molecular formula is C15H24N2O4. The lowest BCUT2D eigenvalue weighted by molar-refractivity contribution is -0.152. The van der Waals surface area contributed by atoms with Crippen LogP contribution in [0.25, 0.3) is 0 Å². The Morgan fingerprint density at radius 3 is 2.71 bits per heavy atom. The zero-order chi connectivity index (χ0) is 15.1. The van der Waals surface area contributed by atoms with E-state index in [0.29, 0.717) is 44.4 Å². The highest BCUT2D eigenvalue weighted by Crippen LogP contribution is 2.39. The average Bonchev–Trinajstić information content (AvgIpc) is 2.98. The second-order valence-corrected chi connectivity index (χ2v) is 5.43. The Morgan fingerprint density at radius 2 is 2.05 bits per heavy atom. The molecule has 0 aliphatic heterocycles. The maximum atomic E-state index is 12.4. The maximum Gasteiger partial charge on any atom is 0.321 e. The molecule has 0 bridgehead atoms. The number of esters is 1. The number of carbonyl (C=O) groups is 1. The summed E-state index contributed by atoms with van der Waals surface area (Å²) in [5.41, 5.74) is -0.760. The molecule has 0 unspecified atom stereocenters. The number of hydrogen-bond donors (Lipinski definition) is 0. The molecule has 1 fully saturated rings. The summed E-state index contributed by atoms with van der Waals surface area (Å²) in [7, 11) is 0. The Kier molecular flexibility index (Phi) is 5.73. The molecule has 1 heterocycles. The third kappa shape index (κ3) is 3.61. The Bertz CT molecular complexity index is 452. The molecule has 0 radical (unpaired) electrons. The van der Waals surface area contributed by atoms with Gasteiger partial charge in [0.1, 0.15) is 12.0 Å². The van der Waals surface area contributed by atoms with Gasteiger partial charge in [0, 0.05) is 6.61 Å². The van der Waals surface area contributed by atoms with E-state index in [1.54, 1.807) is 0 Å². The maximum absolute atomic E-state index is 12.4. The smallest absolute Gasteiger partial charge is 0.321 e. The number of rotatable bonds is 7. The van der Waals surface area contributed by atoms with Crippen LogP contribution in [-0.2, 0) is 26.3 Å². The van der Waals surface area contributed by atoms with E-state index in [0.717, 1.165) is 25.7 Å². The van der Waals surface area contributed by atoms with Crippen molar-refractivity contribution in [3.63, 3.8) is 0 Å². The fourth-order valence-corrected chi connectivity index (χ4v) is 2.74. The van der Waals surface area contributed by atoms with Gasteiger partial charge in [-0.15, -0.1) is 0 Å². The van der Waals surface area contributed by atoms with Gasteiger partial charge in [0.15, 0.2) is 5.82 Å². The van der Waals surface area contributed by atoms with Crippen molar-refractivity contribution in [1.82, 2.24) is 10.1 Å². The monoisotopic (exact) mass is 296 g/mol. The van der Waals surface area contributed by atoms with Crippen molar-refractivity contribution in [3.8, 4) is 0 Å². The van der Waals surface area contributed by atoms with Crippen LogP contribution in [0, 0.1) is 0 Å². The number of ether oxygens (including phenoxy) is 2. The van der Waals surface area contributed by atoms with Crippen LogP contribution in [0.3, 0.4) is 0 Å². The normalized spacial score (nSPS) is 17.6. The van der Waals surface area contributed by atoms with E-state index < -0.39 is 5.41 Å². The number of nitrogens with zero attached hydrogens (tertiary/aromatic N) is 2. The second kappa shape index (κ2) is 7.54. The predicted molar refractivity (Wildman–Crippen MR) is 75.6 cm³/mol. The molecule has 118 valence electrons. The third-order valence-corrected chi connectivity index (χ3v) is 3.83. The van der Waals surface area contributed by atoms with Gasteiger partial charge in [-0.3, -0.25) is 4.79 Å². The minimum absolute atomic E-state index is 0.241. The van der Waals surface area contributed by atoms with Crippen molar-refractivity contribution >= 4 is 5.97 Å². The van der Waals surface area contributed by atoms with Crippen LogP contribution in [0.1, 0.15) is 64.1 Å². The minimum atomic E-state index is -0.760. The Hall–Kier alpha value is -1.43. The van der Waals surface area contributed by atoms with E-state index in [9.17, 15) is 4.79 Å². The highest BCUT2D eigenvalue weighted by Gasteiger charge is 2.47. The molecule has 1 saturated carbocycles. The molecule has 21 heavy (non-hydrogen) atoms. The van der Waals surface area contributed by atoms with Crippen LogP contribution in [0.4, 0.5) is 0 Å². The van der Waals surface area contributed by atoms with Gasteiger partial charge in [-0.2, -0.15) is 4.98 Å². The van der Waals surface area contributed by atoms with Crippen LogP contribution < -0.4 is 0 Å². The molecule has 0 amide bonds. The van der Waals surface area contributed by atoms with Crippen LogP contribution in [0.5, 0.6) is 0 Å². The van der Waals surface area contributed by atoms with E-state index in [-0.39, 0.29) is 5.97 Å². The molecule has 2 rings (SSSR count). The van der Waals surface area contributed by atoms with E-state index in [2.05, 4.69) is 10.1 Å². The zero-order valence-corrected chi connectivity index (χ0v) is 12.9. The number of aromatic nitrogens is 2. The van der Waals surface area contributed by atoms with E-state index in [1.807, 2.05) is 13.8 Å². The molecule has 6 heteroatoms. The molecule has 1 aromatic rings. The van der Waals surface area contributed by atoms with Gasteiger partial charge in [0.05, 0.1) is 6.61 Å². The van der Waals surface area contributed by atoms with Gasteiger partial charge in [-0.05, 0) is 26.2 Å². The molecule has 0 saturated heterocycles. The second-order valence-electron chi connectivity index (χ2n) is 5.43. The summed E-state index contributed by atoms with van der Waals surface area (Å²) in [5.74, 6) is 0.637. The van der Waals surface area contributed by atoms with Crippen LogP contribution >= 0.6 is 0 Å². The third-order valence-electron chi connectivity index (χ3n) is 3.83. The summed E-state index contributed by atoms with van der Waals surface area (Å²) in [6, 6.07) is 0. The number of hydrogen-bond acceptors (Lipinski definition) is 6. The summed E-state index contributed by atoms with van der Waals surface area (Å²) in [6.45, 7) is 5.19. The van der Waals surface area contributed by atoms with Gasteiger partial charge >= 0.3 is 5.97 Å². The fourth-order valence-electron chi connectivity index (χ4n) is 2.74. The van der Waals surface area contributed by atoms with Crippen molar-refractivity contribution in [3.05, 3.63) is 11.7 Å². The summed E-state index contributed by atoms with van der Waals surface area (Å²) in [6.07, 6.45) is 5.44. The Morgan fingerprint density at radius 1 is 1.29 bits per heavy atom. The predicted octanol–water partition coefficient (Wildman–Crippen LogP) is 2.76. The van der Waals surface area contributed by atoms with Crippen LogP contribution in [0.2, 0.25) is 0 Å². The van der Waals surface area contributed by atoms with Gasteiger partial charge < -0.3 is 14.0 Å². The fraction of sp³-hybridized carbons (Fsp3) is 0.800. The lowest BCUT2D eigenvalue weighted by Crippen LogP contribution is -2.39. The molecule has 0 spiro atoms. The summed E-state index contributed by atoms with van der Waals surface area (Å²) in [4.78, 5) is 16.8. The van der Waals surface area contributed by atoms with Crippen LogP contribution in [0.15, 0.2) is 4.52 Å². The Balaban J connectivity index is 2.15. The molecule has 0 atom stereocenters. The van der Waals surface area contributed by atoms with E-state index in [1.165, 1.54) is 0 Å². The molecule has 1 aromatic heterocycles. The van der Waals surface area contributed by atoms with E-state index >= 15 is 0 Å².